The number of hydrogen-bond acceptors (Lipinski definition) is 6. The number of allylic oxidation sites excluding steroid dienone is 1. The Kier molecular flexibility index (Phi) is 11.7. The zero-order valence-corrected chi connectivity index (χ0v) is 28.6. The highest BCUT2D eigenvalue weighted by Crippen LogP contribution is 2.46. The van der Waals surface area contributed by atoms with Crippen molar-refractivity contribution in [3.8, 4) is 0 Å². The maximum absolute atomic E-state index is 13.3. The average molecular weight is 635 g/mol. The van der Waals surface area contributed by atoms with Gasteiger partial charge in [0.05, 0.1) is 10.6 Å². The maximum atomic E-state index is 13.3. The monoisotopic (exact) mass is 634 g/mol. The van der Waals surface area contributed by atoms with E-state index in [0.717, 1.165) is 74.2 Å². The van der Waals surface area contributed by atoms with E-state index in [1.165, 1.54) is 12.0 Å². The Labute approximate surface area is 274 Å². The summed E-state index contributed by atoms with van der Waals surface area (Å²) in [5.41, 5.74) is 4.33. The molecule has 4 N–H and O–H groups in total. The smallest absolute Gasteiger partial charge is 0.319 e. The number of anilines is 3. The van der Waals surface area contributed by atoms with Gasteiger partial charge in [-0.2, -0.15) is 0 Å². The molecule has 2 aromatic rings. The predicted octanol–water partition coefficient (Wildman–Crippen LogP) is 8.63. The third-order valence-corrected chi connectivity index (χ3v) is 8.15. The number of hydrogen-bond donors (Lipinski definition) is 4. The molecule has 1 atom stereocenters. The van der Waals surface area contributed by atoms with E-state index in [2.05, 4.69) is 84.5 Å². The molecule has 0 aromatic heterocycles. The van der Waals surface area contributed by atoms with Crippen LogP contribution >= 0.6 is 11.6 Å². The Balaban J connectivity index is 0.00000148. The van der Waals surface area contributed by atoms with Gasteiger partial charge in [0.1, 0.15) is 11.5 Å². The van der Waals surface area contributed by atoms with Crippen LogP contribution in [0.4, 0.5) is 21.9 Å². The number of nitrogens with one attached hydrogen (secondary N) is 4. The highest BCUT2D eigenvalue weighted by molar-refractivity contribution is 6.45. The van der Waals surface area contributed by atoms with Crippen LogP contribution in [0.15, 0.2) is 71.0 Å². The van der Waals surface area contributed by atoms with Crippen molar-refractivity contribution >= 4 is 40.5 Å². The van der Waals surface area contributed by atoms with Gasteiger partial charge in [-0.1, -0.05) is 56.7 Å². The van der Waals surface area contributed by atoms with Gasteiger partial charge in [0.25, 0.3) is 0 Å². The molecule has 1 aliphatic carbocycles. The SMILES string of the molecule is C=C1/N=C(\C(Cl)=C/C)Nc2ccc(NC(=O)NC3CCCN(C4(OC(C)(C)C)CC4)C3)c(c2)CCc2cccc(c2)N1.CCC. The Morgan fingerprint density at radius 1 is 1.16 bits per heavy atom. The summed E-state index contributed by atoms with van der Waals surface area (Å²) in [6, 6.07) is 14.0. The fourth-order valence-corrected chi connectivity index (χ4v) is 5.89. The highest BCUT2D eigenvalue weighted by atomic mass is 35.5. The fraction of sp³-hybridized carbons (Fsp3) is 0.500. The Morgan fingerprint density at radius 2 is 1.89 bits per heavy atom. The molecule has 0 radical (unpaired) electrons. The number of fused-ring (bicyclic) bond motifs is 4. The van der Waals surface area contributed by atoms with Crippen molar-refractivity contribution < 1.29 is 9.53 Å². The maximum Gasteiger partial charge on any atom is 0.319 e. The van der Waals surface area contributed by atoms with Gasteiger partial charge >= 0.3 is 6.03 Å². The number of piperidine rings is 1. The van der Waals surface area contributed by atoms with Crippen LogP contribution in [0.5, 0.6) is 0 Å². The average Bonchev–Trinajstić information content (AvgIpc) is 3.75. The van der Waals surface area contributed by atoms with Crippen LogP contribution in [0.3, 0.4) is 0 Å². The van der Waals surface area contributed by atoms with Crippen molar-refractivity contribution in [2.75, 3.05) is 29.0 Å². The van der Waals surface area contributed by atoms with Crippen LogP contribution in [0.2, 0.25) is 0 Å². The summed E-state index contributed by atoms with van der Waals surface area (Å²) in [7, 11) is 0. The summed E-state index contributed by atoms with van der Waals surface area (Å²) in [6.07, 6.45) is 8.66. The van der Waals surface area contributed by atoms with Gasteiger partial charge in [-0.05, 0) is 108 Å². The number of amides is 2. The quantitative estimate of drug-likeness (QED) is 0.264. The molecule has 9 heteroatoms. The van der Waals surface area contributed by atoms with E-state index < -0.39 is 0 Å². The minimum Gasteiger partial charge on any atom is -0.355 e. The van der Waals surface area contributed by atoms with E-state index in [1.54, 1.807) is 6.08 Å². The molecule has 45 heavy (non-hydrogen) atoms. The lowest BCUT2D eigenvalue weighted by Gasteiger charge is -2.41. The second-order valence-corrected chi connectivity index (χ2v) is 13.5. The molecular weight excluding hydrogens is 584 g/mol. The number of halogens is 1. The summed E-state index contributed by atoms with van der Waals surface area (Å²) in [5.74, 6) is 0.963. The Bertz CT molecular complexity index is 1410. The van der Waals surface area contributed by atoms with Crippen molar-refractivity contribution in [3.63, 3.8) is 0 Å². The molecule has 8 nitrogen and oxygen atoms in total. The second-order valence-electron chi connectivity index (χ2n) is 13.1. The van der Waals surface area contributed by atoms with Crippen molar-refractivity contribution in [1.29, 1.82) is 0 Å². The second kappa shape index (κ2) is 15.3. The minimum absolute atomic E-state index is 0.0656. The van der Waals surface area contributed by atoms with Crippen molar-refractivity contribution in [2.24, 2.45) is 4.99 Å². The number of urea groups is 1. The first-order valence-electron chi connectivity index (χ1n) is 16.3. The van der Waals surface area contributed by atoms with E-state index in [9.17, 15) is 4.79 Å². The van der Waals surface area contributed by atoms with Gasteiger partial charge in [-0.25, -0.2) is 9.79 Å². The topological polar surface area (TPSA) is 90.0 Å². The molecule has 3 aliphatic rings. The van der Waals surface area contributed by atoms with Crippen molar-refractivity contribution in [1.82, 2.24) is 10.2 Å². The zero-order chi connectivity index (χ0) is 32.6. The summed E-state index contributed by atoms with van der Waals surface area (Å²) >= 11 is 6.50. The molecule has 2 aromatic carbocycles. The Morgan fingerprint density at radius 3 is 2.58 bits per heavy atom. The van der Waals surface area contributed by atoms with E-state index in [1.807, 2.05) is 37.3 Å². The van der Waals surface area contributed by atoms with Crippen LogP contribution in [0.25, 0.3) is 0 Å². The van der Waals surface area contributed by atoms with Crippen LogP contribution in [-0.2, 0) is 17.6 Å². The molecule has 4 bridgehead atoms. The standard InChI is InChI=1S/C33H43ClN6O2.C3H8/c1-6-28(34)30-36-22(2)35-25-10-7-9-23(19-25)12-13-24-20-26(37-30)14-15-29(24)39-31(41)38-27-11-8-18-40(21-27)33(16-17-33)42-32(3,4)5;1-3-2/h6-7,9-10,14-15,19-20,27,35H,2,8,11-13,16-18,21H2,1,3-5H3,(H,36,37)(H2,38,39,41);3H2,1-2H3/b28-6+;. The number of nitrogens with zero attached hydrogens (tertiary/aromatic N) is 2. The van der Waals surface area contributed by atoms with Gasteiger partial charge in [0.2, 0.25) is 0 Å². The highest BCUT2D eigenvalue weighted by Gasteiger charge is 2.52. The molecule has 1 saturated heterocycles. The van der Waals surface area contributed by atoms with Crippen LogP contribution < -0.4 is 21.3 Å². The van der Waals surface area contributed by atoms with E-state index >= 15 is 0 Å². The number of aryl methyl sites for hydroxylation is 2. The third-order valence-electron chi connectivity index (χ3n) is 7.75. The van der Waals surface area contributed by atoms with Gasteiger partial charge in [0.15, 0.2) is 5.84 Å². The summed E-state index contributed by atoms with van der Waals surface area (Å²) in [5, 5.41) is 13.4. The van der Waals surface area contributed by atoms with Crippen LogP contribution in [-0.4, -0.2) is 47.2 Å². The molecule has 5 rings (SSSR count). The minimum atomic E-state index is -0.194. The van der Waals surface area contributed by atoms with Crippen LogP contribution in [0.1, 0.15) is 84.8 Å². The molecule has 1 unspecified atom stereocenters. The van der Waals surface area contributed by atoms with Gasteiger partial charge in [-0.3, -0.25) is 4.90 Å². The number of ether oxygens (including phenoxy) is 1. The molecule has 2 aliphatic heterocycles. The van der Waals surface area contributed by atoms with Crippen LogP contribution in [0, 0.1) is 0 Å². The number of aliphatic imine (C=N–C) groups is 1. The normalized spacial score (nSPS) is 21.1. The molecule has 2 fully saturated rings. The van der Waals surface area contributed by atoms with E-state index in [4.69, 9.17) is 16.3 Å². The summed E-state index contributed by atoms with van der Waals surface area (Å²) in [6.45, 7) is 18.3. The number of benzene rings is 2. The molecule has 2 amide bonds. The number of carbonyl (C=O) groups excluding carboxylic acids is 1. The lowest BCUT2D eigenvalue weighted by molar-refractivity contribution is -0.159. The number of amidine groups is 1. The first-order valence-corrected chi connectivity index (χ1v) is 16.7. The predicted molar refractivity (Wildman–Crippen MR) is 189 cm³/mol. The Hall–Kier alpha value is -3.33. The number of rotatable bonds is 5. The lowest BCUT2D eigenvalue weighted by Crippen LogP contribution is -2.54. The number of carbonyl (C=O) groups is 1. The van der Waals surface area contributed by atoms with Crippen molar-refractivity contribution in [2.45, 2.75) is 104 Å². The summed E-state index contributed by atoms with van der Waals surface area (Å²) in [4.78, 5) is 20.3. The van der Waals surface area contributed by atoms with Gasteiger partial charge in [0, 0.05) is 36.2 Å². The molecule has 244 valence electrons. The van der Waals surface area contributed by atoms with Gasteiger partial charge in [-0.15, -0.1) is 0 Å². The third kappa shape index (κ3) is 10.1. The molecule has 2 heterocycles. The first kappa shape index (κ1) is 34.5. The number of likely N-dealkylation sites (tertiary alicyclic amines) is 1. The van der Waals surface area contributed by atoms with Gasteiger partial charge < -0.3 is 26.0 Å². The van der Waals surface area contributed by atoms with Crippen molar-refractivity contribution in [3.05, 3.63) is 77.1 Å². The lowest BCUT2D eigenvalue weighted by atomic mass is 10.0. The van der Waals surface area contributed by atoms with E-state index in [0.29, 0.717) is 16.7 Å². The molecular formula is C36H51ClN6O2. The largest absolute Gasteiger partial charge is 0.355 e. The first-order chi connectivity index (χ1) is 21.4. The fourth-order valence-electron chi connectivity index (χ4n) is 5.80. The zero-order valence-electron chi connectivity index (χ0n) is 27.9. The van der Waals surface area contributed by atoms with E-state index in [-0.39, 0.29) is 23.4 Å². The molecule has 1 saturated carbocycles. The molecule has 0 spiro atoms. The summed E-state index contributed by atoms with van der Waals surface area (Å²) < 4.78 is 6.45.